The van der Waals surface area contributed by atoms with E-state index in [1.54, 1.807) is 5.38 Å². The first-order valence-corrected chi connectivity index (χ1v) is 8.13. The molecule has 0 aromatic carbocycles. The molecule has 110 valence electrons. The van der Waals surface area contributed by atoms with Crippen LogP contribution >= 0.6 is 11.3 Å². The zero-order chi connectivity index (χ0) is 14.9. The smallest absolute Gasteiger partial charge is 0.348 e. The number of halogens is 1. The number of nitrogens with zero attached hydrogens (tertiary/aromatic N) is 1. The number of amides is 1. The fraction of sp³-hybridized carbons (Fsp3) is 0.455. The Balaban J connectivity index is 2.12. The van der Waals surface area contributed by atoms with Crippen molar-refractivity contribution in [3.8, 4) is 0 Å². The van der Waals surface area contributed by atoms with Crippen LogP contribution in [0.15, 0.2) is 11.4 Å². The minimum Gasteiger partial charge on any atom is -0.465 e. The summed E-state index contributed by atoms with van der Waals surface area (Å²) < 4.78 is 38.4. The maximum absolute atomic E-state index is 12.6. The first kappa shape index (κ1) is 14.9. The molecule has 0 spiro atoms. The van der Waals surface area contributed by atoms with Crippen LogP contribution in [0.25, 0.3) is 0 Å². The molecule has 1 amide bonds. The van der Waals surface area contributed by atoms with Crippen molar-refractivity contribution in [1.82, 2.24) is 0 Å². The molecule has 9 heteroatoms. The molecular weight excluding hydrogens is 309 g/mol. The molecular formula is C11H12FNO5S2. The van der Waals surface area contributed by atoms with Gasteiger partial charge in [-0.1, -0.05) is 0 Å². The van der Waals surface area contributed by atoms with E-state index in [0.717, 1.165) is 11.3 Å². The van der Waals surface area contributed by atoms with Crippen molar-refractivity contribution in [2.24, 2.45) is 5.92 Å². The molecule has 1 aromatic rings. The molecule has 0 saturated carbocycles. The van der Waals surface area contributed by atoms with Crippen LogP contribution in [0.4, 0.5) is 9.57 Å². The van der Waals surface area contributed by atoms with Crippen molar-refractivity contribution in [3.05, 3.63) is 16.3 Å². The molecule has 2 heterocycles. The highest BCUT2D eigenvalue weighted by atomic mass is 32.3. The summed E-state index contributed by atoms with van der Waals surface area (Å²) >= 11 is 1.12. The van der Waals surface area contributed by atoms with Gasteiger partial charge in [0.05, 0.1) is 18.6 Å². The molecule has 0 bridgehead atoms. The van der Waals surface area contributed by atoms with E-state index >= 15 is 0 Å². The second kappa shape index (κ2) is 5.49. The lowest BCUT2D eigenvalue weighted by molar-refractivity contribution is -0.117. The summed E-state index contributed by atoms with van der Waals surface area (Å²) in [5, 5.41) is 1.61. The van der Waals surface area contributed by atoms with E-state index in [9.17, 15) is 21.9 Å². The fourth-order valence-electron chi connectivity index (χ4n) is 2.10. The average molecular weight is 321 g/mol. The molecule has 1 fully saturated rings. The first-order chi connectivity index (χ1) is 9.30. The predicted molar refractivity (Wildman–Crippen MR) is 71.0 cm³/mol. The van der Waals surface area contributed by atoms with Crippen molar-refractivity contribution in [3.63, 3.8) is 0 Å². The van der Waals surface area contributed by atoms with Crippen LogP contribution in [0.3, 0.4) is 0 Å². The Labute approximate surface area is 119 Å². The lowest BCUT2D eigenvalue weighted by Gasteiger charge is -2.14. The van der Waals surface area contributed by atoms with Gasteiger partial charge in [-0.3, -0.25) is 4.79 Å². The predicted octanol–water partition coefficient (Wildman–Crippen LogP) is 1.19. The highest BCUT2D eigenvalue weighted by molar-refractivity contribution is 7.86. The molecule has 1 aliphatic rings. The summed E-state index contributed by atoms with van der Waals surface area (Å²) in [6.45, 7) is 0.124. The van der Waals surface area contributed by atoms with Gasteiger partial charge in [0, 0.05) is 24.3 Å². The minimum absolute atomic E-state index is 0.0213. The van der Waals surface area contributed by atoms with Crippen LogP contribution in [0.1, 0.15) is 16.1 Å². The average Bonchev–Trinajstić information content (AvgIpc) is 2.92. The molecule has 1 saturated heterocycles. The molecule has 1 aromatic heterocycles. The molecule has 2 rings (SSSR count). The van der Waals surface area contributed by atoms with Crippen molar-refractivity contribution >= 4 is 39.1 Å². The third-order valence-electron chi connectivity index (χ3n) is 2.92. The minimum atomic E-state index is -4.60. The Morgan fingerprint density at radius 2 is 2.30 bits per heavy atom. The van der Waals surface area contributed by atoms with Crippen molar-refractivity contribution in [1.29, 1.82) is 0 Å². The Morgan fingerprint density at radius 3 is 2.90 bits per heavy atom. The monoisotopic (exact) mass is 321 g/mol. The van der Waals surface area contributed by atoms with E-state index in [1.165, 1.54) is 18.1 Å². The number of methoxy groups -OCH3 is 1. The summed E-state index contributed by atoms with van der Waals surface area (Å²) in [6, 6.07) is 1.50. The number of thiophene rings is 1. The fourth-order valence-corrected chi connectivity index (χ4v) is 3.70. The molecule has 6 nitrogen and oxygen atoms in total. The SMILES string of the molecule is COC(=O)c1cc(N2CC(CS(=O)(=O)F)CC2=O)cs1. The summed E-state index contributed by atoms with van der Waals surface area (Å²) in [6.07, 6.45) is -0.0213. The van der Waals surface area contributed by atoms with Crippen LogP contribution in [0.2, 0.25) is 0 Å². The third kappa shape index (κ3) is 3.34. The molecule has 1 unspecified atom stereocenters. The molecule has 0 radical (unpaired) electrons. The van der Waals surface area contributed by atoms with Crippen LogP contribution < -0.4 is 4.90 Å². The second-order valence-corrected chi connectivity index (χ2v) is 6.76. The third-order valence-corrected chi connectivity index (χ3v) is 4.69. The number of esters is 1. The standard InChI is InChI=1S/C11H12FNO5S2/c1-18-11(15)9-3-8(5-19-9)13-4-7(2-10(13)14)6-20(12,16)17/h3,5,7H,2,4,6H2,1H3. The Morgan fingerprint density at radius 1 is 1.60 bits per heavy atom. The largest absolute Gasteiger partial charge is 0.465 e. The summed E-state index contributed by atoms with van der Waals surface area (Å²) in [7, 11) is -3.34. The van der Waals surface area contributed by atoms with Crippen molar-refractivity contribution < 1.29 is 26.6 Å². The van der Waals surface area contributed by atoms with Crippen LogP contribution in [-0.4, -0.2) is 39.7 Å². The number of rotatable bonds is 4. The van der Waals surface area contributed by atoms with Crippen LogP contribution in [-0.2, 0) is 19.8 Å². The summed E-state index contributed by atoms with van der Waals surface area (Å²) in [5.74, 6) is -2.02. The lowest BCUT2D eigenvalue weighted by atomic mass is 10.1. The van der Waals surface area contributed by atoms with E-state index < -0.39 is 27.9 Å². The highest BCUT2D eigenvalue weighted by Gasteiger charge is 2.34. The summed E-state index contributed by atoms with van der Waals surface area (Å²) in [4.78, 5) is 24.9. The van der Waals surface area contributed by atoms with E-state index in [0.29, 0.717) is 10.6 Å². The first-order valence-electron chi connectivity index (χ1n) is 5.69. The van der Waals surface area contributed by atoms with Gasteiger partial charge in [-0.25, -0.2) is 4.79 Å². The van der Waals surface area contributed by atoms with E-state index in [1.807, 2.05) is 0 Å². The zero-order valence-corrected chi connectivity index (χ0v) is 12.2. The van der Waals surface area contributed by atoms with Crippen molar-refractivity contribution in [2.75, 3.05) is 24.3 Å². The van der Waals surface area contributed by atoms with Gasteiger partial charge < -0.3 is 9.64 Å². The number of anilines is 1. The molecule has 1 atom stereocenters. The number of ether oxygens (including phenoxy) is 1. The van der Waals surface area contributed by atoms with Gasteiger partial charge in [-0.05, 0) is 6.07 Å². The highest BCUT2D eigenvalue weighted by Crippen LogP contribution is 2.30. The maximum atomic E-state index is 12.6. The normalized spacial score (nSPS) is 19.4. The Bertz CT molecular complexity index is 639. The van der Waals surface area contributed by atoms with Gasteiger partial charge in [0.25, 0.3) is 0 Å². The topological polar surface area (TPSA) is 80.8 Å². The van der Waals surface area contributed by atoms with Gasteiger partial charge in [0.15, 0.2) is 0 Å². The van der Waals surface area contributed by atoms with Crippen molar-refractivity contribution in [2.45, 2.75) is 6.42 Å². The van der Waals surface area contributed by atoms with E-state index in [-0.39, 0.29) is 18.9 Å². The maximum Gasteiger partial charge on any atom is 0.348 e. The number of carbonyl (C=O) groups excluding carboxylic acids is 2. The molecule has 1 aliphatic heterocycles. The van der Waals surface area contributed by atoms with Gasteiger partial charge in [-0.2, -0.15) is 8.42 Å². The lowest BCUT2D eigenvalue weighted by Crippen LogP contribution is -2.24. The Hall–Kier alpha value is -1.48. The van der Waals surface area contributed by atoms with E-state index in [2.05, 4.69) is 4.74 Å². The Kier molecular flexibility index (Phi) is 4.09. The van der Waals surface area contributed by atoms with Gasteiger partial charge in [0.1, 0.15) is 4.88 Å². The zero-order valence-electron chi connectivity index (χ0n) is 10.5. The number of hydrogen-bond acceptors (Lipinski definition) is 6. The van der Waals surface area contributed by atoms with Gasteiger partial charge in [-0.15, -0.1) is 15.2 Å². The number of hydrogen-bond donors (Lipinski definition) is 0. The number of carbonyl (C=O) groups is 2. The molecule has 0 aliphatic carbocycles. The molecule has 0 N–H and O–H groups in total. The summed E-state index contributed by atoms with van der Waals surface area (Å²) in [5.41, 5.74) is 0.499. The van der Waals surface area contributed by atoms with Gasteiger partial charge in [0.2, 0.25) is 5.91 Å². The van der Waals surface area contributed by atoms with Crippen LogP contribution in [0, 0.1) is 5.92 Å². The van der Waals surface area contributed by atoms with E-state index in [4.69, 9.17) is 0 Å². The quantitative estimate of drug-likeness (QED) is 0.614. The second-order valence-electron chi connectivity index (χ2n) is 4.44. The van der Waals surface area contributed by atoms with Gasteiger partial charge >= 0.3 is 16.2 Å². The molecule has 20 heavy (non-hydrogen) atoms. The van der Waals surface area contributed by atoms with Crippen LogP contribution in [0.5, 0.6) is 0 Å².